The van der Waals surface area contributed by atoms with E-state index in [4.69, 9.17) is 11.5 Å². The molecule has 0 bridgehead atoms. The van der Waals surface area contributed by atoms with Crippen LogP contribution in [0, 0.1) is 23.5 Å². The van der Waals surface area contributed by atoms with Gasteiger partial charge in [-0.05, 0) is 42.5 Å². The molecule has 0 aliphatic carbocycles. The highest BCUT2D eigenvalue weighted by atomic mass is 19.3. The highest BCUT2D eigenvalue weighted by Gasteiger charge is 2.17. The molecule has 1 aromatic carbocycles. The van der Waals surface area contributed by atoms with Crippen molar-refractivity contribution < 1.29 is 17.6 Å². The Hall–Kier alpha value is -2.02. The molecule has 0 saturated carbocycles. The van der Waals surface area contributed by atoms with Gasteiger partial charge in [-0.2, -0.15) is 0 Å². The van der Waals surface area contributed by atoms with Gasteiger partial charge in [-0.3, -0.25) is 0 Å². The smallest absolute Gasteiger partial charge is 0.250 e. The minimum absolute atomic E-state index is 0.0569. The third kappa shape index (κ3) is 7.54. The summed E-state index contributed by atoms with van der Waals surface area (Å²) in [6, 6.07) is 3.54. The topological polar surface area (TPSA) is 64.1 Å². The second-order valence-corrected chi connectivity index (χ2v) is 7.25. The molecule has 0 saturated heterocycles. The highest BCUT2D eigenvalue weighted by molar-refractivity contribution is 5.66. The van der Waals surface area contributed by atoms with Crippen LogP contribution in [0.2, 0.25) is 0 Å². The Balaban J connectivity index is 3.17. The van der Waals surface area contributed by atoms with Crippen molar-refractivity contribution in [1.29, 1.82) is 0 Å². The van der Waals surface area contributed by atoms with Crippen molar-refractivity contribution in [1.82, 2.24) is 5.32 Å². The van der Waals surface area contributed by atoms with Gasteiger partial charge in [0.1, 0.15) is 11.6 Å². The van der Waals surface area contributed by atoms with Crippen molar-refractivity contribution in [2.24, 2.45) is 23.3 Å². The third-order valence-electron chi connectivity index (χ3n) is 4.55. The second-order valence-electron chi connectivity index (χ2n) is 7.25. The van der Waals surface area contributed by atoms with Crippen LogP contribution in [0.5, 0.6) is 0 Å². The molecule has 0 radical (unpaired) electrons. The number of hydrogen-bond acceptors (Lipinski definition) is 3. The quantitative estimate of drug-likeness (QED) is 0.369. The molecule has 1 aromatic rings. The lowest BCUT2D eigenvalue weighted by Gasteiger charge is -2.22. The molecule has 0 aromatic heterocycles. The first kappa shape index (κ1) is 24.0. The lowest BCUT2D eigenvalue weighted by Crippen LogP contribution is -2.31. The fourth-order valence-electron chi connectivity index (χ4n) is 2.95. The van der Waals surface area contributed by atoms with Crippen molar-refractivity contribution >= 4 is 5.70 Å². The SMILES string of the molecule is CCC(/C=C(\N)c1c(F)cccc1F)=C(/N)C(CCC(C)C)CNCC(F)F. The van der Waals surface area contributed by atoms with Gasteiger partial charge in [-0.15, -0.1) is 0 Å². The van der Waals surface area contributed by atoms with Gasteiger partial charge in [0.05, 0.1) is 12.1 Å². The maximum Gasteiger partial charge on any atom is 0.250 e. The van der Waals surface area contributed by atoms with Crippen molar-refractivity contribution in [3.8, 4) is 0 Å². The third-order valence-corrected chi connectivity index (χ3v) is 4.55. The minimum atomic E-state index is -2.44. The molecule has 1 atom stereocenters. The van der Waals surface area contributed by atoms with Gasteiger partial charge >= 0.3 is 0 Å². The predicted octanol–water partition coefficient (Wildman–Crippen LogP) is 4.79. The monoisotopic (exact) mass is 401 g/mol. The van der Waals surface area contributed by atoms with E-state index in [1.165, 1.54) is 12.1 Å². The molecule has 0 spiro atoms. The molecule has 7 heteroatoms. The molecular formula is C21H31F4N3. The molecule has 3 nitrogen and oxygen atoms in total. The van der Waals surface area contributed by atoms with Crippen molar-refractivity contribution in [3.05, 3.63) is 52.7 Å². The summed E-state index contributed by atoms with van der Waals surface area (Å²) in [5.74, 6) is -1.25. The molecule has 0 aliphatic rings. The van der Waals surface area contributed by atoms with Gasteiger partial charge in [-0.25, -0.2) is 17.6 Å². The molecular weight excluding hydrogens is 370 g/mol. The van der Waals surface area contributed by atoms with E-state index in [0.29, 0.717) is 36.6 Å². The zero-order chi connectivity index (χ0) is 21.3. The van der Waals surface area contributed by atoms with Gasteiger partial charge in [0.25, 0.3) is 6.43 Å². The average molecular weight is 401 g/mol. The van der Waals surface area contributed by atoms with E-state index in [0.717, 1.165) is 18.6 Å². The number of allylic oxidation sites excluding steroid dienone is 2. The van der Waals surface area contributed by atoms with Crippen LogP contribution in [-0.4, -0.2) is 19.5 Å². The maximum atomic E-state index is 14.0. The molecule has 5 N–H and O–H groups in total. The largest absolute Gasteiger partial charge is 0.402 e. The summed E-state index contributed by atoms with van der Waals surface area (Å²) < 4.78 is 52.9. The van der Waals surface area contributed by atoms with E-state index in [2.05, 4.69) is 19.2 Å². The molecule has 0 amide bonds. The fourth-order valence-corrected chi connectivity index (χ4v) is 2.95. The van der Waals surface area contributed by atoms with Crippen LogP contribution in [-0.2, 0) is 0 Å². The molecule has 0 fully saturated rings. The van der Waals surface area contributed by atoms with Crippen molar-refractivity contribution in [2.45, 2.75) is 46.5 Å². The van der Waals surface area contributed by atoms with Crippen LogP contribution in [0.25, 0.3) is 5.70 Å². The summed E-state index contributed by atoms with van der Waals surface area (Å²) in [5, 5.41) is 2.74. The lowest BCUT2D eigenvalue weighted by molar-refractivity contribution is 0.144. The maximum absolute atomic E-state index is 14.0. The predicted molar refractivity (Wildman–Crippen MR) is 106 cm³/mol. The minimum Gasteiger partial charge on any atom is -0.402 e. The number of rotatable bonds is 11. The van der Waals surface area contributed by atoms with Crippen LogP contribution in [0.1, 0.15) is 45.6 Å². The molecule has 0 heterocycles. The summed E-state index contributed by atoms with van der Waals surface area (Å²) in [6.07, 6.45) is 1.12. The first-order valence-corrected chi connectivity index (χ1v) is 9.56. The van der Waals surface area contributed by atoms with Crippen LogP contribution in [0.4, 0.5) is 17.6 Å². The molecule has 1 unspecified atom stereocenters. The Labute approximate surface area is 164 Å². The molecule has 1 rings (SSSR count). The first-order valence-electron chi connectivity index (χ1n) is 9.56. The Kier molecular flexibility index (Phi) is 10.1. The van der Waals surface area contributed by atoms with Crippen molar-refractivity contribution in [2.75, 3.05) is 13.1 Å². The summed E-state index contributed by atoms with van der Waals surface area (Å²) >= 11 is 0. The number of nitrogens with one attached hydrogen (secondary N) is 1. The van der Waals surface area contributed by atoms with Gasteiger partial charge < -0.3 is 16.8 Å². The van der Waals surface area contributed by atoms with Gasteiger partial charge in [0.2, 0.25) is 0 Å². The zero-order valence-corrected chi connectivity index (χ0v) is 16.7. The van der Waals surface area contributed by atoms with Crippen LogP contribution in [0.3, 0.4) is 0 Å². The number of alkyl halides is 2. The Morgan fingerprint density at radius 1 is 1.07 bits per heavy atom. The van der Waals surface area contributed by atoms with Crippen LogP contribution >= 0.6 is 0 Å². The summed E-state index contributed by atoms with van der Waals surface area (Å²) in [5.41, 5.74) is 13.1. The van der Waals surface area contributed by atoms with E-state index < -0.39 is 24.6 Å². The standard InChI is InChI=1S/C21H31F4N3/c1-4-14(10-18(26)20-16(22)6-5-7-17(20)23)21(27)15(9-8-13(2)3)11-28-12-19(24)25/h5-7,10,13,15,19,28H,4,8-9,11-12,26-27H2,1-3H3/b18-10-,21-14-. The van der Waals surface area contributed by atoms with E-state index in [1.807, 2.05) is 6.92 Å². The highest BCUT2D eigenvalue weighted by Crippen LogP contribution is 2.25. The van der Waals surface area contributed by atoms with E-state index in [-0.39, 0.29) is 17.2 Å². The normalized spacial score (nSPS) is 14.5. The fraction of sp³-hybridized carbons (Fsp3) is 0.524. The van der Waals surface area contributed by atoms with E-state index >= 15 is 0 Å². The molecule has 0 aliphatic heterocycles. The lowest BCUT2D eigenvalue weighted by atomic mass is 9.91. The number of halogens is 4. The van der Waals surface area contributed by atoms with Crippen LogP contribution < -0.4 is 16.8 Å². The second kappa shape index (κ2) is 11.7. The van der Waals surface area contributed by atoms with Crippen molar-refractivity contribution in [3.63, 3.8) is 0 Å². The Bertz CT molecular complexity index is 664. The van der Waals surface area contributed by atoms with Gasteiger partial charge in [0.15, 0.2) is 0 Å². The zero-order valence-electron chi connectivity index (χ0n) is 16.7. The number of nitrogens with two attached hydrogens (primary N) is 2. The summed E-state index contributed by atoms with van der Waals surface area (Å²) in [7, 11) is 0. The molecule has 158 valence electrons. The van der Waals surface area contributed by atoms with Gasteiger partial charge in [-0.1, -0.05) is 33.3 Å². The van der Waals surface area contributed by atoms with E-state index in [1.54, 1.807) is 0 Å². The summed E-state index contributed by atoms with van der Waals surface area (Å²) in [6.45, 7) is 5.89. The average Bonchev–Trinajstić information content (AvgIpc) is 2.61. The number of benzene rings is 1. The van der Waals surface area contributed by atoms with E-state index in [9.17, 15) is 17.6 Å². The van der Waals surface area contributed by atoms with Crippen LogP contribution in [0.15, 0.2) is 35.5 Å². The number of hydrogen-bond donors (Lipinski definition) is 3. The van der Waals surface area contributed by atoms with Gasteiger partial charge in [0, 0.05) is 23.9 Å². The molecule has 28 heavy (non-hydrogen) atoms. The first-order chi connectivity index (χ1) is 13.2. The Morgan fingerprint density at radius 2 is 1.68 bits per heavy atom. The Morgan fingerprint density at radius 3 is 2.18 bits per heavy atom. The summed E-state index contributed by atoms with van der Waals surface area (Å²) in [4.78, 5) is 0.